The normalized spacial score (nSPS) is 10.7. The first-order valence-corrected chi connectivity index (χ1v) is 8.74. The highest BCUT2D eigenvalue weighted by atomic mass is 79.9. The highest BCUT2D eigenvalue weighted by molar-refractivity contribution is 9.10. The molecule has 24 heavy (non-hydrogen) atoms. The Hall–Kier alpha value is -1.27. The maximum absolute atomic E-state index is 6.00. The lowest BCUT2D eigenvalue weighted by Crippen LogP contribution is -2.18. The molecule has 0 aromatic heterocycles. The fourth-order valence-electron chi connectivity index (χ4n) is 2.17. The zero-order valence-corrected chi connectivity index (χ0v) is 16.1. The summed E-state index contributed by atoms with van der Waals surface area (Å²) >= 11 is 9.59. The van der Waals surface area contributed by atoms with Gasteiger partial charge in [-0.1, -0.05) is 39.7 Å². The molecule has 2 aromatic rings. The second kappa shape index (κ2) is 9.89. The molecule has 0 heterocycles. The smallest absolute Gasteiger partial charge is 0.162 e. The molecule has 130 valence electrons. The molecular weight excluding hydrogens is 394 g/mol. The predicted octanol–water partition coefficient (Wildman–Crippen LogP) is 4.43. The maximum atomic E-state index is 6.00. The van der Waals surface area contributed by atoms with Crippen molar-refractivity contribution >= 4 is 27.5 Å². The van der Waals surface area contributed by atoms with Crippen molar-refractivity contribution in [2.24, 2.45) is 0 Å². The fraction of sp³-hybridized carbons (Fsp3) is 0.333. The summed E-state index contributed by atoms with van der Waals surface area (Å²) in [5, 5.41) is 4.01. The van der Waals surface area contributed by atoms with Crippen molar-refractivity contribution in [2.45, 2.75) is 13.2 Å². The molecule has 2 aromatic carbocycles. The van der Waals surface area contributed by atoms with Crippen LogP contribution in [-0.4, -0.2) is 27.4 Å². The van der Waals surface area contributed by atoms with Gasteiger partial charge >= 0.3 is 0 Å². The summed E-state index contributed by atoms with van der Waals surface area (Å²) in [5.41, 5.74) is 2.10. The molecule has 0 atom stereocenters. The molecule has 0 bridgehead atoms. The minimum Gasteiger partial charge on any atom is -0.493 e. The van der Waals surface area contributed by atoms with Crippen LogP contribution in [0.3, 0.4) is 0 Å². The van der Waals surface area contributed by atoms with Crippen LogP contribution < -0.4 is 14.8 Å². The third-order valence-electron chi connectivity index (χ3n) is 3.41. The second-order valence-electron chi connectivity index (χ2n) is 5.18. The van der Waals surface area contributed by atoms with Crippen LogP contribution in [0, 0.1) is 0 Å². The SMILES string of the molecule is COCCNCc1cc(OC)c(OCc2cccc(Cl)c2)cc1Br. The lowest BCUT2D eigenvalue weighted by Gasteiger charge is -2.14. The number of halogens is 2. The zero-order chi connectivity index (χ0) is 17.4. The summed E-state index contributed by atoms with van der Waals surface area (Å²) in [6.07, 6.45) is 0. The first-order valence-electron chi connectivity index (χ1n) is 7.57. The third-order valence-corrected chi connectivity index (χ3v) is 4.39. The lowest BCUT2D eigenvalue weighted by molar-refractivity contribution is 0.199. The van der Waals surface area contributed by atoms with Gasteiger partial charge in [0.15, 0.2) is 11.5 Å². The molecule has 0 spiro atoms. The Kier molecular flexibility index (Phi) is 7.85. The van der Waals surface area contributed by atoms with Crippen LogP contribution >= 0.6 is 27.5 Å². The van der Waals surface area contributed by atoms with E-state index in [4.69, 9.17) is 25.8 Å². The van der Waals surface area contributed by atoms with Crippen LogP contribution in [0.1, 0.15) is 11.1 Å². The third kappa shape index (κ3) is 5.67. The predicted molar refractivity (Wildman–Crippen MR) is 100 cm³/mol. The van der Waals surface area contributed by atoms with Crippen molar-refractivity contribution in [3.63, 3.8) is 0 Å². The summed E-state index contributed by atoms with van der Waals surface area (Å²) in [5.74, 6) is 1.38. The van der Waals surface area contributed by atoms with Gasteiger partial charge in [-0.15, -0.1) is 0 Å². The van der Waals surface area contributed by atoms with Gasteiger partial charge in [0.2, 0.25) is 0 Å². The molecule has 0 unspecified atom stereocenters. The molecule has 0 aliphatic carbocycles. The number of benzene rings is 2. The Bertz CT molecular complexity index is 667. The fourth-order valence-corrected chi connectivity index (χ4v) is 2.85. The van der Waals surface area contributed by atoms with E-state index in [0.717, 1.165) is 28.7 Å². The molecule has 6 heteroatoms. The molecule has 0 aliphatic heterocycles. The largest absolute Gasteiger partial charge is 0.493 e. The minimum atomic E-state index is 0.425. The summed E-state index contributed by atoms with van der Waals surface area (Å²) in [6.45, 7) is 2.61. The van der Waals surface area contributed by atoms with Gasteiger partial charge in [-0.2, -0.15) is 0 Å². The van der Waals surface area contributed by atoms with Gasteiger partial charge in [0, 0.05) is 29.7 Å². The van der Waals surface area contributed by atoms with E-state index in [9.17, 15) is 0 Å². The molecule has 0 aliphatic rings. The van der Waals surface area contributed by atoms with Crippen LogP contribution in [0.2, 0.25) is 5.02 Å². The lowest BCUT2D eigenvalue weighted by atomic mass is 10.2. The Morgan fingerprint density at radius 3 is 2.67 bits per heavy atom. The van der Waals surface area contributed by atoms with Gasteiger partial charge in [-0.05, 0) is 35.4 Å². The highest BCUT2D eigenvalue weighted by Gasteiger charge is 2.10. The van der Waals surface area contributed by atoms with Crippen LogP contribution in [-0.2, 0) is 17.9 Å². The topological polar surface area (TPSA) is 39.7 Å². The number of ether oxygens (including phenoxy) is 3. The Morgan fingerprint density at radius 1 is 1.12 bits per heavy atom. The van der Waals surface area contributed by atoms with Crippen molar-refractivity contribution in [3.8, 4) is 11.5 Å². The summed E-state index contributed by atoms with van der Waals surface area (Å²) < 4.78 is 17.3. The number of hydrogen-bond acceptors (Lipinski definition) is 4. The zero-order valence-electron chi connectivity index (χ0n) is 13.8. The Labute approximate surface area is 156 Å². The number of hydrogen-bond donors (Lipinski definition) is 1. The average Bonchev–Trinajstić information content (AvgIpc) is 2.58. The summed E-state index contributed by atoms with van der Waals surface area (Å²) in [7, 11) is 3.32. The van der Waals surface area contributed by atoms with Crippen molar-refractivity contribution in [1.29, 1.82) is 0 Å². The highest BCUT2D eigenvalue weighted by Crippen LogP contribution is 2.34. The van der Waals surface area contributed by atoms with Crippen molar-refractivity contribution in [2.75, 3.05) is 27.4 Å². The van der Waals surface area contributed by atoms with E-state index in [1.165, 1.54) is 0 Å². The van der Waals surface area contributed by atoms with Gasteiger partial charge in [-0.25, -0.2) is 0 Å². The number of rotatable bonds is 9. The van der Waals surface area contributed by atoms with Crippen LogP contribution in [0.5, 0.6) is 11.5 Å². The molecule has 0 saturated carbocycles. The number of methoxy groups -OCH3 is 2. The van der Waals surface area contributed by atoms with Crippen molar-refractivity contribution in [3.05, 3.63) is 57.0 Å². The maximum Gasteiger partial charge on any atom is 0.162 e. The van der Waals surface area contributed by atoms with E-state index in [1.54, 1.807) is 14.2 Å². The molecule has 0 amide bonds. The molecular formula is C18H21BrClNO3. The monoisotopic (exact) mass is 413 g/mol. The quantitative estimate of drug-likeness (QED) is 0.616. The summed E-state index contributed by atoms with van der Waals surface area (Å²) in [4.78, 5) is 0. The van der Waals surface area contributed by atoms with Crippen molar-refractivity contribution < 1.29 is 14.2 Å². The Morgan fingerprint density at radius 2 is 1.96 bits per heavy atom. The molecule has 4 nitrogen and oxygen atoms in total. The molecule has 2 rings (SSSR count). The van der Waals surface area contributed by atoms with E-state index >= 15 is 0 Å². The van der Waals surface area contributed by atoms with Gasteiger partial charge < -0.3 is 19.5 Å². The van der Waals surface area contributed by atoms with E-state index in [0.29, 0.717) is 29.7 Å². The Balaban J connectivity index is 2.05. The number of nitrogens with one attached hydrogen (secondary N) is 1. The van der Waals surface area contributed by atoms with Crippen LogP contribution in [0.4, 0.5) is 0 Å². The van der Waals surface area contributed by atoms with Gasteiger partial charge in [0.25, 0.3) is 0 Å². The van der Waals surface area contributed by atoms with E-state index in [1.807, 2.05) is 36.4 Å². The van der Waals surface area contributed by atoms with E-state index in [2.05, 4.69) is 21.2 Å². The average molecular weight is 415 g/mol. The molecule has 0 fully saturated rings. The van der Waals surface area contributed by atoms with Gasteiger partial charge in [-0.3, -0.25) is 0 Å². The minimum absolute atomic E-state index is 0.425. The molecule has 0 saturated heterocycles. The first-order chi connectivity index (χ1) is 11.6. The second-order valence-corrected chi connectivity index (χ2v) is 6.47. The van der Waals surface area contributed by atoms with Crippen LogP contribution in [0.15, 0.2) is 40.9 Å². The van der Waals surface area contributed by atoms with E-state index < -0.39 is 0 Å². The van der Waals surface area contributed by atoms with Gasteiger partial charge in [0.05, 0.1) is 13.7 Å². The standard InChI is InChI=1S/C18H21BrClNO3/c1-22-7-6-21-11-14-9-17(23-2)18(10-16(14)19)24-12-13-4-3-5-15(20)8-13/h3-5,8-10,21H,6-7,11-12H2,1-2H3. The molecule has 0 radical (unpaired) electrons. The van der Waals surface area contributed by atoms with Crippen molar-refractivity contribution in [1.82, 2.24) is 5.32 Å². The van der Waals surface area contributed by atoms with Gasteiger partial charge in [0.1, 0.15) is 6.61 Å². The van der Waals surface area contributed by atoms with E-state index in [-0.39, 0.29) is 0 Å². The first kappa shape index (κ1) is 19.1. The molecule has 1 N–H and O–H groups in total. The van der Waals surface area contributed by atoms with Crippen LogP contribution in [0.25, 0.3) is 0 Å². The summed E-state index contributed by atoms with van der Waals surface area (Å²) in [6, 6.07) is 11.5.